The maximum absolute atomic E-state index is 2.75. The molecule has 2 aliphatic heterocycles. The van der Waals surface area contributed by atoms with Gasteiger partial charge in [-0.25, -0.2) is 0 Å². The first kappa shape index (κ1) is 53.8. The molecule has 3 saturated carbocycles. The van der Waals surface area contributed by atoms with Gasteiger partial charge in [0.1, 0.15) is 0 Å². The summed E-state index contributed by atoms with van der Waals surface area (Å²) in [6.45, 7) is 21.3. The summed E-state index contributed by atoms with van der Waals surface area (Å²) in [4.78, 5) is 8.01. The summed E-state index contributed by atoms with van der Waals surface area (Å²) in [6, 6.07) is 76.8. The minimum Gasteiger partial charge on any atom is -0.311 e. The number of rotatable bonds is 7. The lowest BCUT2D eigenvalue weighted by atomic mass is 9.36. The molecule has 3 unspecified atom stereocenters. The molecule has 0 amide bonds. The van der Waals surface area contributed by atoms with Crippen LogP contribution < -0.4 is 30.4 Å². The van der Waals surface area contributed by atoms with Crippen LogP contribution in [0, 0.1) is 11.8 Å². The number of thiophene rings is 1. The van der Waals surface area contributed by atoms with Crippen LogP contribution in [0.1, 0.15) is 159 Å². The lowest BCUT2D eigenvalue weighted by molar-refractivity contribution is 0.327. The zero-order chi connectivity index (χ0) is 58.6. The van der Waals surface area contributed by atoms with E-state index in [1.165, 1.54) is 162 Å². The Morgan fingerprint density at radius 2 is 1.15 bits per heavy atom. The third-order valence-corrected chi connectivity index (χ3v) is 22.6. The molecule has 3 heterocycles. The molecule has 0 saturated heterocycles. The molecule has 10 aromatic rings. The van der Waals surface area contributed by atoms with E-state index in [2.05, 4.69) is 271 Å². The van der Waals surface area contributed by atoms with Crippen LogP contribution in [-0.2, 0) is 21.7 Å². The van der Waals surface area contributed by atoms with Crippen molar-refractivity contribution in [2.45, 2.75) is 148 Å². The van der Waals surface area contributed by atoms with E-state index in [1.54, 1.807) is 11.1 Å². The molecule has 4 aliphatic carbocycles. The van der Waals surface area contributed by atoms with Gasteiger partial charge in [-0.15, -0.1) is 11.3 Å². The van der Waals surface area contributed by atoms with Gasteiger partial charge in [-0.05, 0) is 206 Å². The molecule has 2 bridgehead atoms. The van der Waals surface area contributed by atoms with Crippen LogP contribution in [0.2, 0.25) is 0 Å². The standard InChI is InChI=1S/C81H80BN3S/c1-78(2,3)55-32-37-59(38-33-55)83(70-27-19-17-24-63(70)54-22-14-11-15-23-54)62-40-42-69-71(49-62)84(61-39-41-65-64-25-16-18-26-67(64)81(68(65)48-61)50-51-28-31-57(81)44-51)72-46-58(80(7,8)9)47-73-75(72)82(69)77-76(66-45-56(79(4,5)6)34-43-74(66)86-77)85(73)60-35-29-53(30-36-60)52-20-12-10-13-21-52/h11,14-19,22-27,29-30,32-43,45-49,51-52,57H,10,12-13,20-21,28,31,44,50H2,1-9H3. The van der Waals surface area contributed by atoms with Crippen molar-refractivity contribution in [2.24, 2.45) is 11.8 Å². The predicted molar refractivity (Wildman–Crippen MR) is 370 cm³/mol. The monoisotopic (exact) mass is 1140 g/mol. The number of nitrogens with zero attached hydrogens (tertiary/aromatic N) is 3. The Labute approximate surface area is 515 Å². The topological polar surface area (TPSA) is 9.72 Å². The number of hydrogen-bond acceptors (Lipinski definition) is 4. The molecular formula is C81H80BN3S. The third kappa shape index (κ3) is 8.40. The van der Waals surface area contributed by atoms with E-state index in [4.69, 9.17) is 0 Å². The van der Waals surface area contributed by atoms with Crippen molar-refractivity contribution in [1.29, 1.82) is 0 Å². The second-order valence-electron chi connectivity index (χ2n) is 29.6. The average molecular weight is 1140 g/mol. The highest BCUT2D eigenvalue weighted by Gasteiger charge is 2.57. The van der Waals surface area contributed by atoms with Crippen LogP contribution in [-0.4, -0.2) is 6.71 Å². The molecule has 6 aliphatic rings. The molecule has 3 fully saturated rings. The summed E-state index contributed by atoms with van der Waals surface area (Å²) in [7, 11) is 0. The van der Waals surface area contributed by atoms with Crippen LogP contribution in [0.4, 0.5) is 51.2 Å². The van der Waals surface area contributed by atoms with E-state index in [-0.39, 0.29) is 28.4 Å². The van der Waals surface area contributed by atoms with Gasteiger partial charge in [0.25, 0.3) is 6.71 Å². The second-order valence-corrected chi connectivity index (χ2v) is 30.7. The number of para-hydroxylation sites is 1. The zero-order valence-electron chi connectivity index (χ0n) is 51.9. The summed E-state index contributed by atoms with van der Waals surface area (Å²) < 4.78 is 2.76. The lowest BCUT2D eigenvalue weighted by Crippen LogP contribution is -2.60. The molecule has 9 aromatic carbocycles. The maximum Gasteiger partial charge on any atom is 0.264 e. The Kier molecular flexibility index (Phi) is 12.3. The van der Waals surface area contributed by atoms with E-state index < -0.39 is 0 Å². The highest BCUT2D eigenvalue weighted by atomic mass is 32.1. The summed E-state index contributed by atoms with van der Waals surface area (Å²) >= 11 is 2.02. The molecule has 3 nitrogen and oxygen atoms in total. The number of hydrogen-bond donors (Lipinski definition) is 0. The minimum absolute atomic E-state index is 0.0113. The maximum atomic E-state index is 2.75. The fraction of sp³-hybridized carbons (Fsp3) is 0.309. The first-order valence-electron chi connectivity index (χ1n) is 32.4. The van der Waals surface area contributed by atoms with Crippen molar-refractivity contribution in [3.63, 3.8) is 0 Å². The van der Waals surface area contributed by atoms with E-state index in [0.29, 0.717) is 11.8 Å². The van der Waals surface area contributed by atoms with Gasteiger partial charge >= 0.3 is 0 Å². The molecule has 3 atom stereocenters. The minimum atomic E-state index is -0.161. The SMILES string of the molecule is CC(C)(C)c1ccc(N(c2ccc3c(c2)N(c2ccc4c(c2)C2(CC5CCC2C5)c2ccccc2-4)c2cc(C(C)(C)C)cc4c2B3c2sc3ccc(C(C)(C)C)cc3c2N4c2ccc(C3CCCCC3)cc2)c2ccccc2-c2ccccc2)cc1. The van der Waals surface area contributed by atoms with Crippen LogP contribution >= 0.6 is 11.3 Å². The van der Waals surface area contributed by atoms with Gasteiger partial charge in [0.05, 0.1) is 11.4 Å². The van der Waals surface area contributed by atoms with Crippen molar-refractivity contribution in [2.75, 3.05) is 14.7 Å². The number of fused-ring (bicyclic) bond motifs is 14. The van der Waals surface area contributed by atoms with Crippen LogP contribution in [0.15, 0.2) is 194 Å². The number of anilines is 9. The first-order chi connectivity index (χ1) is 41.5. The Morgan fingerprint density at radius 1 is 0.500 bits per heavy atom. The fourth-order valence-corrected chi connectivity index (χ4v) is 18.3. The molecular weight excluding hydrogens is 1060 g/mol. The third-order valence-electron chi connectivity index (χ3n) is 21.4. The van der Waals surface area contributed by atoms with Crippen LogP contribution in [0.25, 0.3) is 32.3 Å². The Hall–Kier alpha value is -7.60. The highest BCUT2D eigenvalue weighted by molar-refractivity contribution is 7.33. The quantitative estimate of drug-likeness (QED) is 0.147. The van der Waals surface area contributed by atoms with Gasteiger partial charge in [0.15, 0.2) is 0 Å². The molecule has 16 rings (SSSR count). The Morgan fingerprint density at radius 3 is 1.86 bits per heavy atom. The molecule has 86 heavy (non-hydrogen) atoms. The Bertz CT molecular complexity index is 4320. The fourth-order valence-electron chi connectivity index (χ4n) is 17.0. The summed E-state index contributed by atoms with van der Waals surface area (Å²) in [6.07, 6.45) is 11.8. The van der Waals surface area contributed by atoms with Crippen molar-refractivity contribution in [3.05, 3.63) is 228 Å². The highest BCUT2D eigenvalue weighted by Crippen LogP contribution is 2.66. The van der Waals surface area contributed by atoms with Gasteiger partial charge in [0, 0.05) is 65.7 Å². The molecule has 1 aromatic heterocycles. The first-order valence-corrected chi connectivity index (χ1v) is 33.2. The van der Waals surface area contributed by atoms with Crippen molar-refractivity contribution >= 4 is 95.0 Å². The van der Waals surface area contributed by atoms with E-state index in [0.717, 1.165) is 23.0 Å². The van der Waals surface area contributed by atoms with Crippen LogP contribution in [0.3, 0.4) is 0 Å². The van der Waals surface area contributed by atoms with Gasteiger partial charge in [-0.1, -0.05) is 203 Å². The number of benzene rings is 9. The van der Waals surface area contributed by atoms with E-state index in [9.17, 15) is 0 Å². The molecule has 428 valence electrons. The molecule has 5 heteroatoms. The van der Waals surface area contributed by atoms with Crippen LogP contribution in [0.5, 0.6) is 0 Å². The smallest absolute Gasteiger partial charge is 0.264 e. The predicted octanol–water partition coefficient (Wildman–Crippen LogP) is 21.1. The van der Waals surface area contributed by atoms with Gasteiger partial charge in [-0.2, -0.15) is 0 Å². The largest absolute Gasteiger partial charge is 0.311 e. The van der Waals surface area contributed by atoms with Gasteiger partial charge in [0.2, 0.25) is 0 Å². The molecule has 1 spiro atoms. The van der Waals surface area contributed by atoms with Gasteiger partial charge in [-0.3, -0.25) is 0 Å². The van der Waals surface area contributed by atoms with Crippen molar-refractivity contribution < 1.29 is 0 Å². The van der Waals surface area contributed by atoms with Crippen molar-refractivity contribution in [1.82, 2.24) is 0 Å². The Balaban J connectivity index is 0.988. The van der Waals surface area contributed by atoms with E-state index in [1.807, 2.05) is 11.3 Å². The van der Waals surface area contributed by atoms with Gasteiger partial charge < -0.3 is 14.7 Å². The second kappa shape index (κ2) is 19.7. The van der Waals surface area contributed by atoms with Crippen molar-refractivity contribution in [3.8, 4) is 22.3 Å². The van der Waals surface area contributed by atoms with E-state index >= 15 is 0 Å². The average Bonchev–Trinajstić information content (AvgIpc) is 1.41. The molecule has 0 N–H and O–H groups in total. The normalized spacial score (nSPS) is 19.4. The molecule has 0 radical (unpaired) electrons. The summed E-state index contributed by atoms with van der Waals surface area (Å²) in [5, 5.41) is 1.35. The zero-order valence-corrected chi connectivity index (χ0v) is 52.7. The summed E-state index contributed by atoms with van der Waals surface area (Å²) in [5.74, 6) is 2.06. The lowest BCUT2D eigenvalue weighted by Gasteiger charge is -2.45. The summed E-state index contributed by atoms with van der Waals surface area (Å²) in [5.41, 5.74) is 27.6.